The molecule has 95 valence electrons. The fraction of sp³-hybridized carbons (Fsp3) is 0.533. The number of benzene rings is 1. The smallest absolute Gasteiger partial charge is 0.0487 e. The Bertz CT molecular complexity index is 324. The van der Waals surface area contributed by atoms with E-state index in [-0.39, 0.29) is 0 Å². The Morgan fingerprint density at radius 1 is 1.35 bits per heavy atom. The lowest BCUT2D eigenvalue weighted by atomic mass is 9.93. The number of hydrogen-bond acceptors (Lipinski definition) is 1. The average Bonchev–Trinajstić information content (AvgIpc) is 2.30. The lowest BCUT2D eigenvalue weighted by Crippen LogP contribution is -2.07. The van der Waals surface area contributed by atoms with Gasteiger partial charge in [-0.2, -0.15) is 0 Å². The van der Waals surface area contributed by atoms with Gasteiger partial charge < -0.3 is 4.74 Å². The number of methoxy groups -OCH3 is 1. The zero-order valence-corrected chi connectivity index (χ0v) is 13.2. The number of rotatable bonds is 7. The first-order valence-corrected chi connectivity index (χ1v) is 7.25. The van der Waals surface area contributed by atoms with Crippen LogP contribution in [0.4, 0.5) is 0 Å². The third-order valence-corrected chi connectivity index (χ3v) is 4.02. The fourth-order valence-corrected chi connectivity index (χ4v) is 2.49. The standard InChI is InChI=1S/C15H22IO/c1-12(8-9-13(2)11-17-3)10-14-6-4-5-7-15(14)16/h4-7,13H,8-11H2,1-3H3/t13-/m0/s1. The predicted molar refractivity (Wildman–Crippen MR) is 82.1 cm³/mol. The van der Waals surface area contributed by atoms with Crippen molar-refractivity contribution in [1.29, 1.82) is 0 Å². The summed E-state index contributed by atoms with van der Waals surface area (Å²) in [5.41, 5.74) is 1.45. The van der Waals surface area contributed by atoms with E-state index in [4.69, 9.17) is 4.74 Å². The average molecular weight is 345 g/mol. The van der Waals surface area contributed by atoms with Gasteiger partial charge in [-0.1, -0.05) is 32.0 Å². The van der Waals surface area contributed by atoms with Crippen LogP contribution < -0.4 is 0 Å². The molecule has 1 radical (unpaired) electrons. The Kier molecular flexibility index (Phi) is 7.12. The predicted octanol–water partition coefficient (Wildman–Crippen LogP) is 4.49. The summed E-state index contributed by atoms with van der Waals surface area (Å²) in [5.74, 6) is 2.22. The van der Waals surface area contributed by atoms with Gasteiger partial charge in [0, 0.05) is 17.3 Å². The molecular weight excluding hydrogens is 323 g/mol. The highest BCUT2D eigenvalue weighted by molar-refractivity contribution is 14.1. The summed E-state index contributed by atoms with van der Waals surface area (Å²) >= 11 is 2.42. The minimum Gasteiger partial charge on any atom is -0.384 e. The molecule has 0 N–H and O–H groups in total. The van der Waals surface area contributed by atoms with Gasteiger partial charge in [0.2, 0.25) is 0 Å². The minimum atomic E-state index is 0.657. The van der Waals surface area contributed by atoms with Crippen LogP contribution in [-0.2, 0) is 11.2 Å². The van der Waals surface area contributed by atoms with Crippen molar-refractivity contribution < 1.29 is 4.74 Å². The maximum absolute atomic E-state index is 5.16. The van der Waals surface area contributed by atoms with Gasteiger partial charge in [-0.15, -0.1) is 0 Å². The number of ether oxygens (including phenoxy) is 1. The van der Waals surface area contributed by atoms with Crippen LogP contribution in [0.25, 0.3) is 0 Å². The largest absolute Gasteiger partial charge is 0.384 e. The zero-order valence-electron chi connectivity index (χ0n) is 11.0. The van der Waals surface area contributed by atoms with Gasteiger partial charge in [0.05, 0.1) is 0 Å². The molecule has 0 amide bonds. The van der Waals surface area contributed by atoms with Gasteiger partial charge in [-0.05, 0) is 65.3 Å². The Morgan fingerprint density at radius 2 is 2.06 bits per heavy atom. The summed E-state index contributed by atoms with van der Waals surface area (Å²) in [5, 5.41) is 0. The molecule has 0 bridgehead atoms. The van der Waals surface area contributed by atoms with Gasteiger partial charge in [0.15, 0.2) is 0 Å². The van der Waals surface area contributed by atoms with Crippen LogP contribution in [0.3, 0.4) is 0 Å². The van der Waals surface area contributed by atoms with E-state index < -0.39 is 0 Å². The second kappa shape index (κ2) is 8.09. The summed E-state index contributed by atoms with van der Waals surface area (Å²) in [6.45, 7) is 5.39. The van der Waals surface area contributed by atoms with Crippen molar-refractivity contribution in [2.75, 3.05) is 13.7 Å². The van der Waals surface area contributed by atoms with Crippen molar-refractivity contribution in [2.24, 2.45) is 5.92 Å². The van der Waals surface area contributed by atoms with E-state index in [9.17, 15) is 0 Å². The SMILES string of the molecule is COC[C@@H](C)CC[C](C)Cc1ccccc1I. The summed E-state index contributed by atoms with van der Waals surface area (Å²) in [6.07, 6.45) is 3.54. The molecule has 0 fully saturated rings. The number of halogens is 1. The van der Waals surface area contributed by atoms with E-state index in [1.807, 2.05) is 0 Å². The second-order valence-electron chi connectivity index (χ2n) is 4.82. The molecule has 0 aliphatic heterocycles. The molecule has 0 saturated carbocycles. The van der Waals surface area contributed by atoms with Crippen LogP contribution in [-0.4, -0.2) is 13.7 Å². The van der Waals surface area contributed by atoms with Crippen LogP contribution in [0, 0.1) is 15.4 Å². The summed E-state index contributed by atoms with van der Waals surface area (Å²) in [6, 6.07) is 8.63. The molecule has 1 aromatic carbocycles. The molecular formula is C15H22IO. The normalized spacial score (nSPS) is 13.0. The highest BCUT2D eigenvalue weighted by atomic mass is 127. The molecule has 0 aliphatic rings. The first-order valence-electron chi connectivity index (χ1n) is 6.17. The molecule has 0 saturated heterocycles. The summed E-state index contributed by atoms with van der Waals surface area (Å²) in [4.78, 5) is 0. The van der Waals surface area contributed by atoms with E-state index >= 15 is 0 Å². The molecule has 0 unspecified atom stereocenters. The molecule has 0 aliphatic carbocycles. The van der Waals surface area contributed by atoms with Crippen LogP contribution in [0.5, 0.6) is 0 Å². The molecule has 1 rings (SSSR count). The number of hydrogen-bond donors (Lipinski definition) is 0. The van der Waals surface area contributed by atoms with E-state index in [1.165, 1.54) is 22.0 Å². The Morgan fingerprint density at radius 3 is 2.71 bits per heavy atom. The zero-order chi connectivity index (χ0) is 12.7. The lowest BCUT2D eigenvalue weighted by molar-refractivity contribution is 0.155. The van der Waals surface area contributed by atoms with E-state index in [0.29, 0.717) is 5.92 Å². The summed E-state index contributed by atoms with van der Waals surface area (Å²) in [7, 11) is 1.78. The van der Waals surface area contributed by atoms with Gasteiger partial charge in [-0.25, -0.2) is 0 Å². The summed E-state index contributed by atoms with van der Waals surface area (Å²) < 4.78 is 6.53. The topological polar surface area (TPSA) is 9.23 Å². The first kappa shape index (κ1) is 15.0. The molecule has 2 heteroatoms. The highest BCUT2D eigenvalue weighted by Gasteiger charge is 2.09. The molecule has 0 spiro atoms. The van der Waals surface area contributed by atoms with Gasteiger partial charge >= 0.3 is 0 Å². The monoisotopic (exact) mass is 345 g/mol. The van der Waals surface area contributed by atoms with E-state index in [0.717, 1.165) is 13.0 Å². The second-order valence-corrected chi connectivity index (χ2v) is 5.99. The van der Waals surface area contributed by atoms with Crippen molar-refractivity contribution in [3.8, 4) is 0 Å². The van der Waals surface area contributed by atoms with Crippen LogP contribution in [0.1, 0.15) is 32.3 Å². The first-order chi connectivity index (χ1) is 8.13. The maximum atomic E-state index is 5.16. The molecule has 0 heterocycles. The van der Waals surface area contributed by atoms with Gasteiger partial charge in [0.1, 0.15) is 0 Å². The van der Waals surface area contributed by atoms with Crippen molar-refractivity contribution in [3.05, 3.63) is 39.3 Å². The minimum absolute atomic E-state index is 0.657. The Hall–Kier alpha value is -0.0900. The van der Waals surface area contributed by atoms with Crippen molar-refractivity contribution >= 4 is 22.6 Å². The van der Waals surface area contributed by atoms with Gasteiger partial charge in [0.25, 0.3) is 0 Å². The van der Waals surface area contributed by atoms with E-state index in [2.05, 4.69) is 60.7 Å². The van der Waals surface area contributed by atoms with Crippen LogP contribution >= 0.6 is 22.6 Å². The molecule has 0 aromatic heterocycles. The molecule has 1 aromatic rings. The maximum Gasteiger partial charge on any atom is 0.0487 e. The third-order valence-electron chi connectivity index (χ3n) is 2.97. The molecule has 1 atom stereocenters. The third kappa shape index (κ3) is 5.87. The van der Waals surface area contributed by atoms with Crippen molar-refractivity contribution in [3.63, 3.8) is 0 Å². The van der Waals surface area contributed by atoms with Crippen LogP contribution in [0.15, 0.2) is 24.3 Å². The van der Waals surface area contributed by atoms with E-state index in [1.54, 1.807) is 13.0 Å². The molecule has 17 heavy (non-hydrogen) atoms. The van der Waals surface area contributed by atoms with Crippen molar-refractivity contribution in [1.82, 2.24) is 0 Å². The quantitative estimate of drug-likeness (QED) is 0.662. The van der Waals surface area contributed by atoms with Gasteiger partial charge in [-0.3, -0.25) is 0 Å². The van der Waals surface area contributed by atoms with Crippen molar-refractivity contribution in [2.45, 2.75) is 33.1 Å². The lowest BCUT2D eigenvalue weighted by Gasteiger charge is -2.15. The Balaban J connectivity index is 2.34. The molecule has 1 nitrogen and oxygen atoms in total. The fourth-order valence-electron chi connectivity index (χ4n) is 1.92. The Labute approximate surface area is 119 Å². The van der Waals surface area contributed by atoms with Crippen LogP contribution in [0.2, 0.25) is 0 Å². The highest BCUT2D eigenvalue weighted by Crippen LogP contribution is 2.21.